The molecule has 0 aromatic carbocycles. The molecule has 1 aliphatic carbocycles. The summed E-state index contributed by atoms with van der Waals surface area (Å²) in [6.45, 7) is 6.79. The molecule has 1 atom stereocenters. The first-order valence-electron chi connectivity index (χ1n) is 7.07. The summed E-state index contributed by atoms with van der Waals surface area (Å²) >= 11 is 0. The molecule has 100 valence electrons. The van der Waals surface area contributed by atoms with E-state index in [0.29, 0.717) is 5.41 Å². The van der Waals surface area contributed by atoms with E-state index in [9.17, 15) is 0 Å². The van der Waals surface area contributed by atoms with Crippen LogP contribution in [0.25, 0.3) is 0 Å². The Kier molecular flexibility index (Phi) is 4.45. The van der Waals surface area contributed by atoms with Gasteiger partial charge in [0.1, 0.15) is 0 Å². The topological polar surface area (TPSA) is 24.5 Å². The molecule has 0 aromatic rings. The van der Waals surface area contributed by atoms with Crippen molar-refractivity contribution in [2.45, 2.75) is 38.6 Å². The quantitative estimate of drug-likeness (QED) is 0.765. The van der Waals surface area contributed by atoms with E-state index in [1.165, 1.54) is 32.2 Å². The zero-order chi connectivity index (χ0) is 12.3. The molecule has 0 amide bonds. The van der Waals surface area contributed by atoms with E-state index in [2.05, 4.69) is 24.2 Å². The van der Waals surface area contributed by atoms with Crippen LogP contribution in [-0.2, 0) is 4.74 Å². The molecule has 2 aliphatic rings. The van der Waals surface area contributed by atoms with Crippen molar-refractivity contribution in [3.05, 3.63) is 0 Å². The van der Waals surface area contributed by atoms with Gasteiger partial charge in [0, 0.05) is 25.1 Å². The lowest BCUT2D eigenvalue weighted by Gasteiger charge is -2.41. The third-order valence-electron chi connectivity index (χ3n) is 4.70. The first kappa shape index (κ1) is 13.3. The first-order chi connectivity index (χ1) is 8.17. The number of nitrogens with zero attached hydrogens (tertiary/aromatic N) is 1. The Labute approximate surface area is 106 Å². The Morgan fingerprint density at radius 3 is 2.53 bits per heavy atom. The molecule has 0 aromatic heterocycles. The second kappa shape index (κ2) is 5.68. The Morgan fingerprint density at radius 1 is 1.35 bits per heavy atom. The molecule has 0 radical (unpaired) electrons. The fraction of sp³-hybridized carbons (Fsp3) is 1.00. The van der Waals surface area contributed by atoms with Crippen LogP contribution in [0, 0.1) is 11.3 Å². The molecule has 1 aliphatic heterocycles. The average Bonchev–Trinajstić information content (AvgIpc) is 3.13. The van der Waals surface area contributed by atoms with Crippen molar-refractivity contribution in [3.8, 4) is 0 Å². The van der Waals surface area contributed by atoms with Crippen molar-refractivity contribution < 1.29 is 4.74 Å². The molecule has 0 bridgehead atoms. The molecule has 1 saturated carbocycles. The molecule has 1 N–H and O–H groups in total. The van der Waals surface area contributed by atoms with Gasteiger partial charge in [0.05, 0.1) is 6.61 Å². The molecule has 3 heteroatoms. The van der Waals surface area contributed by atoms with Gasteiger partial charge in [0.2, 0.25) is 0 Å². The van der Waals surface area contributed by atoms with Gasteiger partial charge in [0.15, 0.2) is 0 Å². The minimum atomic E-state index is 0.387. The number of nitrogens with one attached hydrogen (secondary N) is 1. The minimum absolute atomic E-state index is 0.387. The number of rotatable bonds is 6. The van der Waals surface area contributed by atoms with Crippen LogP contribution >= 0.6 is 0 Å². The summed E-state index contributed by atoms with van der Waals surface area (Å²) in [6.07, 6.45) is 5.37. The van der Waals surface area contributed by atoms with Crippen LogP contribution in [0.1, 0.15) is 32.6 Å². The lowest BCUT2D eigenvalue weighted by molar-refractivity contribution is 0.0181. The summed E-state index contributed by atoms with van der Waals surface area (Å²) in [4.78, 5) is 2.57. The van der Waals surface area contributed by atoms with Gasteiger partial charge in [-0.3, -0.25) is 0 Å². The highest BCUT2D eigenvalue weighted by Gasteiger charge is 2.37. The number of ether oxygens (including phenoxy) is 1. The number of hydrogen-bond acceptors (Lipinski definition) is 3. The maximum Gasteiger partial charge on any atom is 0.0531 e. The van der Waals surface area contributed by atoms with Gasteiger partial charge in [-0.05, 0) is 58.7 Å². The van der Waals surface area contributed by atoms with Gasteiger partial charge < -0.3 is 15.0 Å². The standard InChI is InChI=1S/C14H28N2O/c1-12(13-4-5-13)16(2)10-14(11-17-3)6-8-15-9-7-14/h12-13,15H,4-11H2,1-3H3. The molecular formula is C14H28N2O. The van der Waals surface area contributed by atoms with Crippen molar-refractivity contribution >= 4 is 0 Å². The Morgan fingerprint density at radius 2 is 2.00 bits per heavy atom. The third-order valence-corrected chi connectivity index (χ3v) is 4.70. The van der Waals surface area contributed by atoms with Crippen molar-refractivity contribution in [3.63, 3.8) is 0 Å². The van der Waals surface area contributed by atoms with Crippen LogP contribution in [0.5, 0.6) is 0 Å². The van der Waals surface area contributed by atoms with Crippen molar-refractivity contribution in [1.82, 2.24) is 10.2 Å². The predicted molar refractivity (Wildman–Crippen MR) is 71.2 cm³/mol. The Bertz CT molecular complexity index is 229. The van der Waals surface area contributed by atoms with E-state index in [4.69, 9.17) is 4.74 Å². The van der Waals surface area contributed by atoms with Crippen LogP contribution < -0.4 is 5.32 Å². The molecule has 2 fully saturated rings. The molecule has 3 nitrogen and oxygen atoms in total. The largest absolute Gasteiger partial charge is 0.384 e. The first-order valence-corrected chi connectivity index (χ1v) is 7.07. The lowest BCUT2D eigenvalue weighted by Crippen LogP contribution is -2.48. The zero-order valence-electron chi connectivity index (χ0n) is 11.7. The number of piperidine rings is 1. The second-order valence-electron chi connectivity index (χ2n) is 6.18. The molecule has 2 rings (SSSR count). The molecule has 17 heavy (non-hydrogen) atoms. The second-order valence-corrected chi connectivity index (χ2v) is 6.18. The minimum Gasteiger partial charge on any atom is -0.384 e. The van der Waals surface area contributed by atoms with Gasteiger partial charge in [-0.15, -0.1) is 0 Å². The average molecular weight is 240 g/mol. The summed E-state index contributed by atoms with van der Waals surface area (Å²) in [7, 11) is 4.14. The maximum absolute atomic E-state index is 5.49. The monoisotopic (exact) mass is 240 g/mol. The van der Waals surface area contributed by atoms with Crippen LogP contribution in [-0.4, -0.2) is 51.3 Å². The molecule has 1 heterocycles. The highest BCUT2D eigenvalue weighted by molar-refractivity contribution is 4.91. The van der Waals surface area contributed by atoms with Gasteiger partial charge in [-0.1, -0.05) is 0 Å². The van der Waals surface area contributed by atoms with Crippen LogP contribution in [0.3, 0.4) is 0 Å². The predicted octanol–water partition coefficient (Wildman–Crippen LogP) is 1.73. The Balaban J connectivity index is 1.90. The van der Waals surface area contributed by atoms with Crippen LogP contribution in [0.15, 0.2) is 0 Å². The number of hydrogen-bond donors (Lipinski definition) is 1. The molecule has 1 unspecified atom stereocenters. The Hall–Kier alpha value is -0.120. The summed E-state index contributed by atoms with van der Waals surface area (Å²) in [5, 5.41) is 3.46. The van der Waals surface area contributed by atoms with Crippen LogP contribution in [0.2, 0.25) is 0 Å². The van der Waals surface area contributed by atoms with Crippen molar-refractivity contribution in [2.24, 2.45) is 11.3 Å². The SMILES string of the molecule is COCC1(CN(C)C(C)C2CC2)CCNCC1. The van der Waals surface area contributed by atoms with Crippen LogP contribution in [0.4, 0.5) is 0 Å². The maximum atomic E-state index is 5.49. The van der Waals surface area contributed by atoms with E-state index >= 15 is 0 Å². The van der Waals surface area contributed by atoms with E-state index in [-0.39, 0.29) is 0 Å². The summed E-state index contributed by atoms with van der Waals surface area (Å²) < 4.78 is 5.49. The third kappa shape index (κ3) is 3.43. The summed E-state index contributed by atoms with van der Waals surface area (Å²) in [5.74, 6) is 0.960. The molecular weight excluding hydrogens is 212 g/mol. The lowest BCUT2D eigenvalue weighted by atomic mass is 9.79. The summed E-state index contributed by atoms with van der Waals surface area (Å²) in [5.41, 5.74) is 0.387. The van der Waals surface area contributed by atoms with E-state index < -0.39 is 0 Å². The van der Waals surface area contributed by atoms with Crippen molar-refractivity contribution in [1.29, 1.82) is 0 Å². The smallest absolute Gasteiger partial charge is 0.0531 e. The molecule has 0 spiro atoms. The highest BCUT2D eigenvalue weighted by atomic mass is 16.5. The van der Waals surface area contributed by atoms with Gasteiger partial charge in [-0.2, -0.15) is 0 Å². The zero-order valence-corrected chi connectivity index (χ0v) is 11.7. The summed E-state index contributed by atoms with van der Waals surface area (Å²) in [6, 6.07) is 0.749. The fourth-order valence-corrected chi connectivity index (χ4v) is 3.22. The fourth-order valence-electron chi connectivity index (χ4n) is 3.22. The molecule has 1 saturated heterocycles. The van der Waals surface area contributed by atoms with Gasteiger partial charge in [0.25, 0.3) is 0 Å². The highest BCUT2D eigenvalue weighted by Crippen LogP contribution is 2.37. The van der Waals surface area contributed by atoms with E-state index in [0.717, 1.165) is 31.7 Å². The van der Waals surface area contributed by atoms with E-state index in [1.807, 2.05) is 7.11 Å². The van der Waals surface area contributed by atoms with Gasteiger partial charge in [-0.25, -0.2) is 0 Å². The van der Waals surface area contributed by atoms with Crippen molar-refractivity contribution in [2.75, 3.05) is 40.4 Å². The van der Waals surface area contributed by atoms with Gasteiger partial charge >= 0.3 is 0 Å². The normalized spacial score (nSPS) is 26.1. The number of methoxy groups -OCH3 is 1. The van der Waals surface area contributed by atoms with E-state index in [1.54, 1.807) is 0 Å².